The monoisotopic (exact) mass is 292 g/mol. The Morgan fingerprint density at radius 2 is 2.19 bits per heavy atom. The van der Waals surface area contributed by atoms with Gasteiger partial charge in [-0.3, -0.25) is 0 Å². The lowest BCUT2D eigenvalue weighted by molar-refractivity contribution is -0.0598. The van der Waals surface area contributed by atoms with Crippen LogP contribution in [0.5, 0.6) is 0 Å². The van der Waals surface area contributed by atoms with Crippen molar-refractivity contribution in [2.24, 2.45) is 16.7 Å². The first-order valence-electron chi connectivity index (χ1n) is 7.70. The van der Waals surface area contributed by atoms with Crippen molar-refractivity contribution in [3.63, 3.8) is 0 Å². The summed E-state index contributed by atoms with van der Waals surface area (Å²) in [7, 11) is 0. The van der Waals surface area contributed by atoms with E-state index in [0.717, 1.165) is 12.3 Å². The lowest BCUT2D eigenvalue weighted by atomic mass is 9.70. The van der Waals surface area contributed by atoms with Gasteiger partial charge in [0, 0.05) is 5.56 Å². The second-order valence-electron chi connectivity index (χ2n) is 7.44. The lowest BCUT2D eigenvalue weighted by Gasteiger charge is -2.38. The largest absolute Gasteiger partial charge is 0.475 e. The zero-order valence-electron chi connectivity index (χ0n) is 13.2. The first-order chi connectivity index (χ1) is 9.75. The van der Waals surface area contributed by atoms with Gasteiger partial charge in [-0.15, -0.1) is 0 Å². The van der Waals surface area contributed by atoms with Gasteiger partial charge in [-0.25, -0.2) is 4.79 Å². The fourth-order valence-electron chi connectivity index (χ4n) is 4.40. The maximum Gasteiger partial charge on any atom is 0.372 e. The van der Waals surface area contributed by atoms with E-state index in [-0.39, 0.29) is 17.3 Å². The summed E-state index contributed by atoms with van der Waals surface area (Å²) in [4.78, 5) is 11.0. The van der Waals surface area contributed by atoms with Crippen LogP contribution in [-0.4, -0.2) is 17.2 Å². The Labute approximate surface area is 125 Å². The number of aryl methyl sites for hydroxylation is 1. The van der Waals surface area contributed by atoms with Gasteiger partial charge in [-0.05, 0) is 49.0 Å². The third-order valence-corrected chi connectivity index (χ3v) is 6.30. The van der Waals surface area contributed by atoms with E-state index in [1.807, 2.05) is 0 Å². The number of carboxylic acids is 1. The molecule has 0 amide bonds. The van der Waals surface area contributed by atoms with Crippen LogP contribution in [0.15, 0.2) is 10.5 Å². The molecule has 0 saturated heterocycles. The van der Waals surface area contributed by atoms with Crippen molar-refractivity contribution in [2.75, 3.05) is 0 Å². The molecular formula is C17H24O4. The van der Waals surface area contributed by atoms with Crippen molar-refractivity contribution in [3.05, 3.63) is 23.2 Å². The number of hydrogen-bond donors (Lipinski definition) is 1. The van der Waals surface area contributed by atoms with Gasteiger partial charge in [-0.1, -0.05) is 20.8 Å². The van der Waals surface area contributed by atoms with Crippen LogP contribution in [0.3, 0.4) is 0 Å². The highest BCUT2D eigenvalue weighted by Crippen LogP contribution is 2.66. The Bertz CT molecular complexity index is 571. The molecule has 0 spiro atoms. The molecule has 1 aromatic heterocycles. The molecule has 116 valence electrons. The number of aromatic carboxylic acids is 1. The van der Waals surface area contributed by atoms with Crippen LogP contribution in [0.2, 0.25) is 0 Å². The molecule has 2 fully saturated rings. The van der Waals surface area contributed by atoms with E-state index in [2.05, 4.69) is 20.8 Å². The second-order valence-corrected chi connectivity index (χ2v) is 7.44. The average Bonchev–Trinajstić information content (AvgIpc) is 2.93. The zero-order valence-corrected chi connectivity index (χ0v) is 13.2. The zero-order chi connectivity index (χ0) is 15.4. The molecule has 2 aliphatic rings. The van der Waals surface area contributed by atoms with Gasteiger partial charge < -0.3 is 14.3 Å². The summed E-state index contributed by atoms with van der Waals surface area (Å²) in [6, 6.07) is 1.77. The van der Waals surface area contributed by atoms with Gasteiger partial charge in [0.15, 0.2) is 0 Å². The Hall–Kier alpha value is -1.29. The first-order valence-corrected chi connectivity index (χ1v) is 7.70. The highest BCUT2D eigenvalue weighted by atomic mass is 16.5. The van der Waals surface area contributed by atoms with Gasteiger partial charge in [0.25, 0.3) is 0 Å². The van der Waals surface area contributed by atoms with Crippen LogP contribution in [-0.2, 0) is 11.3 Å². The van der Waals surface area contributed by atoms with Crippen molar-refractivity contribution in [1.29, 1.82) is 0 Å². The Kier molecular flexibility index (Phi) is 3.21. The molecule has 2 saturated carbocycles. The topological polar surface area (TPSA) is 59.7 Å². The van der Waals surface area contributed by atoms with Crippen molar-refractivity contribution in [1.82, 2.24) is 0 Å². The molecule has 2 bridgehead atoms. The van der Waals surface area contributed by atoms with Crippen molar-refractivity contribution < 1.29 is 19.1 Å². The molecule has 3 rings (SSSR count). The summed E-state index contributed by atoms with van der Waals surface area (Å²) in [5.41, 5.74) is 1.19. The Morgan fingerprint density at radius 1 is 1.48 bits per heavy atom. The van der Waals surface area contributed by atoms with E-state index >= 15 is 0 Å². The summed E-state index contributed by atoms with van der Waals surface area (Å²) in [5, 5.41) is 9.02. The number of rotatable bonds is 4. The SMILES string of the molecule is Cc1cc(COC2CC3CCC2(C)C3(C)C)oc1C(=O)O. The lowest BCUT2D eigenvalue weighted by Crippen LogP contribution is -2.37. The predicted molar refractivity (Wildman–Crippen MR) is 78.2 cm³/mol. The molecule has 0 aromatic carbocycles. The molecule has 4 heteroatoms. The maximum absolute atomic E-state index is 11.0. The van der Waals surface area contributed by atoms with Gasteiger partial charge >= 0.3 is 5.97 Å². The molecule has 2 aliphatic carbocycles. The van der Waals surface area contributed by atoms with Crippen LogP contribution < -0.4 is 0 Å². The molecule has 3 unspecified atom stereocenters. The summed E-state index contributed by atoms with van der Waals surface area (Å²) in [5.74, 6) is 0.342. The van der Waals surface area contributed by atoms with Gasteiger partial charge in [-0.2, -0.15) is 0 Å². The van der Waals surface area contributed by atoms with Crippen molar-refractivity contribution >= 4 is 5.97 Å². The number of hydrogen-bond acceptors (Lipinski definition) is 3. The number of furan rings is 1. The van der Waals surface area contributed by atoms with Crippen LogP contribution in [0.25, 0.3) is 0 Å². The predicted octanol–water partition coefficient (Wildman–Crippen LogP) is 4.02. The molecule has 0 aliphatic heterocycles. The highest BCUT2D eigenvalue weighted by molar-refractivity contribution is 5.86. The fourth-order valence-corrected chi connectivity index (χ4v) is 4.40. The molecule has 0 radical (unpaired) electrons. The van der Waals surface area contributed by atoms with Crippen LogP contribution >= 0.6 is 0 Å². The number of fused-ring (bicyclic) bond motifs is 2. The van der Waals surface area contributed by atoms with E-state index in [1.165, 1.54) is 12.8 Å². The van der Waals surface area contributed by atoms with E-state index in [0.29, 0.717) is 23.3 Å². The minimum atomic E-state index is -1.02. The van der Waals surface area contributed by atoms with Crippen LogP contribution in [0, 0.1) is 23.7 Å². The summed E-state index contributed by atoms with van der Waals surface area (Å²) < 4.78 is 11.5. The third-order valence-electron chi connectivity index (χ3n) is 6.30. The van der Waals surface area contributed by atoms with Crippen LogP contribution in [0.1, 0.15) is 61.9 Å². The fraction of sp³-hybridized carbons (Fsp3) is 0.706. The highest BCUT2D eigenvalue weighted by Gasteiger charge is 2.61. The summed E-state index contributed by atoms with van der Waals surface area (Å²) in [6.07, 6.45) is 3.86. The number of carboxylic acid groups (broad SMARTS) is 1. The van der Waals surface area contributed by atoms with E-state index < -0.39 is 5.97 Å². The minimum absolute atomic E-state index is 0.0214. The van der Waals surface area contributed by atoms with Gasteiger partial charge in [0.05, 0.1) is 6.10 Å². The molecule has 1 aromatic rings. The van der Waals surface area contributed by atoms with Crippen LogP contribution in [0.4, 0.5) is 0 Å². The molecule has 1 N–H and O–H groups in total. The molecule has 4 nitrogen and oxygen atoms in total. The van der Waals surface area contributed by atoms with Gasteiger partial charge in [0.1, 0.15) is 12.4 Å². The summed E-state index contributed by atoms with van der Waals surface area (Å²) >= 11 is 0. The molecule has 1 heterocycles. The van der Waals surface area contributed by atoms with E-state index in [9.17, 15) is 4.79 Å². The number of ether oxygens (including phenoxy) is 1. The third kappa shape index (κ3) is 2.03. The molecular weight excluding hydrogens is 268 g/mol. The average molecular weight is 292 g/mol. The van der Waals surface area contributed by atoms with Gasteiger partial charge in [0.2, 0.25) is 5.76 Å². The molecule has 21 heavy (non-hydrogen) atoms. The Balaban J connectivity index is 1.70. The maximum atomic E-state index is 11.0. The Morgan fingerprint density at radius 3 is 2.67 bits per heavy atom. The minimum Gasteiger partial charge on any atom is -0.475 e. The smallest absolute Gasteiger partial charge is 0.372 e. The van der Waals surface area contributed by atoms with Crippen molar-refractivity contribution in [2.45, 2.75) is 59.7 Å². The van der Waals surface area contributed by atoms with Crippen molar-refractivity contribution in [3.8, 4) is 0 Å². The second kappa shape index (κ2) is 4.60. The summed E-state index contributed by atoms with van der Waals surface area (Å²) in [6.45, 7) is 9.15. The van der Waals surface area contributed by atoms with E-state index in [1.54, 1.807) is 13.0 Å². The first kappa shape index (κ1) is 14.6. The standard InChI is InChI=1S/C17H24O4/c1-10-7-12(21-14(10)15(18)19)9-20-13-8-11-5-6-17(13,4)16(11,2)3/h7,11,13H,5-6,8-9H2,1-4H3,(H,18,19). The number of carbonyl (C=O) groups is 1. The molecule has 3 atom stereocenters. The quantitative estimate of drug-likeness (QED) is 0.910. The van der Waals surface area contributed by atoms with E-state index in [4.69, 9.17) is 14.3 Å². The normalized spacial score (nSPS) is 33.5.